The quantitative estimate of drug-likeness (QED) is 0.799. The van der Waals surface area contributed by atoms with Gasteiger partial charge in [0.25, 0.3) is 0 Å². The number of benzene rings is 1. The highest BCUT2D eigenvalue weighted by molar-refractivity contribution is 5.82. The fourth-order valence-corrected chi connectivity index (χ4v) is 4.13. The molecule has 4 rings (SSSR count). The number of ether oxygens (including phenoxy) is 1. The van der Waals surface area contributed by atoms with Crippen LogP contribution in [0.4, 0.5) is 11.5 Å². The van der Waals surface area contributed by atoms with Gasteiger partial charge in [0, 0.05) is 51.4 Å². The molecule has 2 aliphatic heterocycles. The van der Waals surface area contributed by atoms with Crippen molar-refractivity contribution in [3.05, 3.63) is 48.4 Å². The fraction of sp³-hybridized carbons (Fsp3) is 0.450. The second-order valence-corrected chi connectivity index (χ2v) is 6.99. The fourth-order valence-electron chi connectivity index (χ4n) is 4.13. The maximum Gasteiger partial charge on any atom is 0.225 e. The Bertz CT molecular complexity index is 785. The van der Waals surface area contributed by atoms with Crippen LogP contribution in [-0.4, -0.2) is 61.8 Å². The standard InChI is InChI=1S/C20H25N5O2/c1-27-11-8-23-20(26)16-12-15-4-2-3-5-17(15)25-10-9-24(14-18(16)25)19-13-21-6-7-22-19/h2-7,13,16,18H,8-12,14H2,1H3,(H,23,26). The predicted octanol–water partition coefficient (Wildman–Crippen LogP) is 1.11. The molecule has 1 N–H and O–H groups in total. The lowest BCUT2D eigenvalue weighted by Crippen LogP contribution is -2.61. The molecule has 0 bridgehead atoms. The van der Waals surface area contributed by atoms with Crippen molar-refractivity contribution < 1.29 is 9.53 Å². The Morgan fingerprint density at radius 1 is 1.30 bits per heavy atom. The maximum absolute atomic E-state index is 12.9. The van der Waals surface area contributed by atoms with E-state index in [1.165, 1.54) is 11.3 Å². The van der Waals surface area contributed by atoms with Gasteiger partial charge >= 0.3 is 0 Å². The molecule has 0 radical (unpaired) electrons. The number of nitrogens with zero attached hydrogens (tertiary/aromatic N) is 4. The first-order valence-corrected chi connectivity index (χ1v) is 9.40. The normalized spacial score (nSPS) is 21.4. The maximum atomic E-state index is 12.9. The van der Waals surface area contributed by atoms with Crippen LogP contribution in [-0.2, 0) is 16.0 Å². The highest BCUT2D eigenvalue weighted by Crippen LogP contribution is 2.36. The molecule has 2 unspecified atom stereocenters. The lowest BCUT2D eigenvalue weighted by Gasteiger charge is -2.49. The third kappa shape index (κ3) is 3.60. The van der Waals surface area contributed by atoms with E-state index in [9.17, 15) is 4.79 Å². The highest BCUT2D eigenvalue weighted by atomic mass is 16.5. The molecule has 0 spiro atoms. The number of methoxy groups -OCH3 is 1. The molecule has 0 saturated carbocycles. The zero-order valence-electron chi connectivity index (χ0n) is 15.5. The molecular weight excluding hydrogens is 342 g/mol. The summed E-state index contributed by atoms with van der Waals surface area (Å²) in [6.45, 7) is 3.54. The molecule has 7 nitrogen and oxygen atoms in total. The number of amides is 1. The molecule has 1 aromatic carbocycles. The molecular formula is C20H25N5O2. The number of hydrogen-bond donors (Lipinski definition) is 1. The predicted molar refractivity (Wildman–Crippen MR) is 104 cm³/mol. The Hall–Kier alpha value is -2.67. The first kappa shape index (κ1) is 17.7. The van der Waals surface area contributed by atoms with Gasteiger partial charge in [-0.3, -0.25) is 9.78 Å². The first-order valence-electron chi connectivity index (χ1n) is 9.40. The second-order valence-electron chi connectivity index (χ2n) is 6.99. The van der Waals surface area contributed by atoms with Gasteiger partial charge in [-0.05, 0) is 18.1 Å². The van der Waals surface area contributed by atoms with Crippen LogP contribution < -0.4 is 15.1 Å². The molecule has 1 saturated heterocycles. The van der Waals surface area contributed by atoms with Crippen molar-refractivity contribution in [2.75, 3.05) is 49.7 Å². The number of rotatable bonds is 5. The molecule has 1 fully saturated rings. The Labute approximate surface area is 159 Å². The van der Waals surface area contributed by atoms with Gasteiger partial charge in [-0.1, -0.05) is 18.2 Å². The molecule has 2 aromatic rings. The first-order chi connectivity index (χ1) is 13.3. The summed E-state index contributed by atoms with van der Waals surface area (Å²) >= 11 is 0. The Morgan fingerprint density at radius 3 is 3.00 bits per heavy atom. The van der Waals surface area contributed by atoms with Gasteiger partial charge in [0.2, 0.25) is 5.91 Å². The van der Waals surface area contributed by atoms with E-state index in [2.05, 4.69) is 49.4 Å². The SMILES string of the molecule is COCCNC(=O)C1Cc2ccccc2N2CCN(c3cnccn3)CC12. The molecule has 142 valence electrons. The number of hydrogen-bond acceptors (Lipinski definition) is 6. The number of piperazine rings is 1. The number of anilines is 2. The summed E-state index contributed by atoms with van der Waals surface area (Å²) in [5, 5.41) is 3.03. The van der Waals surface area contributed by atoms with Crippen LogP contribution in [0.25, 0.3) is 0 Å². The molecule has 2 aliphatic rings. The topological polar surface area (TPSA) is 70.6 Å². The summed E-state index contributed by atoms with van der Waals surface area (Å²) in [6.07, 6.45) is 5.94. The van der Waals surface area contributed by atoms with Gasteiger partial charge in [-0.15, -0.1) is 0 Å². The number of carbonyl (C=O) groups is 1. The van der Waals surface area contributed by atoms with Crippen molar-refractivity contribution in [3.8, 4) is 0 Å². The molecule has 1 aromatic heterocycles. The number of aromatic nitrogens is 2. The van der Waals surface area contributed by atoms with Crippen molar-refractivity contribution in [1.82, 2.24) is 15.3 Å². The van der Waals surface area contributed by atoms with Crippen molar-refractivity contribution in [2.45, 2.75) is 12.5 Å². The van der Waals surface area contributed by atoms with Gasteiger partial charge in [-0.25, -0.2) is 4.98 Å². The van der Waals surface area contributed by atoms with E-state index >= 15 is 0 Å². The van der Waals surface area contributed by atoms with Gasteiger partial charge in [0.1, 0.15) is 5.82 Å². The van der Waals surface area contributed by atoms with E-state index in [1.807, 2.05) is 0 Å². The molecule has 0 aliphatic carbocycles. The average Bonchev–Trinajstić information content (AvgIpc) is 2.73. The van der Waals surface area contributed by atoms with Crippen molar-refractivity contribution in [1.29, 1.82) is 0 Å². The molecule has 7 heteroatoms. The Morgan fingerprint density at radius 2 is 2.19 bits per heavy atom. The number of para-hydroxylation sites is 1. The van der Waals surface area contributed by atoms with Crippen molar-refractivity contribution >= 4 is 17.4 Å². The average molecular weight is 367 g/mol. The largest absolute Gasteiger partial charge is 0.383 e. The minimum Gasteiger partial charge on any atom is -0.383 e. The van der Waals surface area contributed by atoms with Crippen LogP contribution in [0.2, 0.25) is 0 Å². The van der Waals surface area contributed by atoms with Crippen LogP contribution in [0.1, 0.15) is 5.56 Å². The van der Waals surface area contributed by atoms with Crippen LogP contribution in [0.3, 0.4) is 0 Å². The summed E-state index contributed by atoms with van der Waals surface area (Å²) in [7, 11) is 1.64. The number of nitrogens with one attached hydrogen (secondary N) is 1. The molecule has 1 amide bonds. The molecule has 2 atom stereocenters. The van der Waals surface area contributed by atoms with Crippen molar-refractivity contribution in [3.63, 3.8) is 0 Å². The van der Waals surface area contributed by atoms with Crippen LogP contribution in [0.15, 0.2) is 42.9 Å². The minimum atomic E-state index is -0.101. The summed E-state index contributed by atoms with van der Waals surface area (Å²) in [5.41, 5.74) is 2.50. The second kappa shape index (κ2) is 7.92. The van der Waals surface area contributed by atoms with E-state index in [4.69, 9.17) is 4.74 Å². The zero-order chi connectivity index (χ0) is 18.6. The van der Waals surface area contributed by atoms with Crippen LogP contribution in [0, 0.1) is 5.92 Å². The summed E-state index contributed by atoms with van der Waals surface area (Å²) in [4.78, 5) is 26.2. The summed E-state index contributed by atoms with van der Waals surface area (Å²) < 4.78 is 5.07. The monoisotopic (exact) mass is 367 g/mol. The van der Waals surface area contributed by atoms with Gasteiger partial charge in [-0.2, -0.15) is 0 Å². The van der Waals surface area contributed by atoms with Gasteiger partial charge < -0.3 is 19.9 Å². The van der Waals surface area contributed by atoms with Gasteiger partial charge in [0.15, 0.2) is 0 Å². The highest BCUT2D eigenvalue weighted by Gasteiger charge is 2.41. The zero-order valence-corrected chi connectivity index (χ0v) is 15.5. The molecule has 27 heavy (non-hydrogen) atoms. The Kier molecular flexibility index (Phi) is 5.20. The van der Waals surface area contributed by atoms with Crippen LogP contribution in [0.5, 0.6) is 0 Å². The van der Waals surface area contributed by atoms with Crippen molar-refractivity contribution in [2.24, 2.45) is 5.92 Å². The third-order valence-electron chi connectivity index (χ3n) is 5.44. The number of fused-ring (bicyclic) bond motifs is 3. The van der Waals surface area contributed by atoms with E-state index < -0.39 is 0 Å². The van der Waals surface area contributed by atoms with Crippen LogP contribution >= 0.6 is 0 Å². The summed E-state index contributed by atoms with van der Waals surface area (Å²) in [6, 6.07) is 8.53. The van der Waals surface area contributed by atoms with Gasteiger partial charge in [0.05, 0.1) is 24.8 Å². The smallest absolute Gasteiger partial charge is 0.225 e. The van der Waals surface area contributed by atoms with E-state index in [0.717, 1.165) is 31.9 Å². The van der Waals surface area contributed by atoms with E-state index in [0.29, 0.717) is 13.2 Å². The third-order valence-corrected chi connectivity index (χ3v) is 5.44. The minimum absolute atomic E-state index is 0.0950. The summed E-state index contributed by atoms with van der Waals surface area (Å²) in [5.74, 6) is 0.864. The lowest BCUT2D eigenvalue weighted by atomic mass is 9.83. The molecule has 3 heterocycles. The van der Waals surface area contributed by atoms with E-state index in [1.54, 1.807) is 25.7 Å². The number of carbonyl (C=O) groups excluding carboxylic acids is 1. The lowest BCUT2D eigenvalue weighted by molar-refractivity contribution is -0.126. The Balaban J connectivity index is 1.59. The van der Waals surface area contributed by atoms with E-state index in [-0.39, 0.29) is 17.9 Å².